The minimum atomic E-state index is -3.49. The Hall–Kier alpha value is -1.15. The highest BCUT2D eigenvalue weighted by atomic mass is 32.2. The van der Waals surface area contributed by atoms with Crippen LogP contribution in [0.5, 0.6) is 0 Å². The van der Waals surface area contributed by atoms with Gasteiger partial charge in [-0.15, -0.1) is 0 Å². The molecule has 136 valence electrons. The summed E-state index contributed by atoms with van der Waals surface area (Å²) in [4.78, 5) is 25.7. The normalized spacial score (nSPS) is 25.2. The molecule has 3 amide bonds. The van der Waals surface area contributed by atoms with Crippen LogP contribution in [0.2, 0.25) is 0 Å². The number of rotatable bonds is 5. The summed E-state index contributed by atoms with van der Waals surface area (Å²) in [6.07, 6.45) is 9.28. The molecule has 0 aromatic carbocycles. The SMILES string of the molecule is O=C1NC2(CCCC2)C(=O)N1CCS(=O)(=O)NC1CCCCCC1. The van der Waals surface area contributed by atoms with E-state index in [4.69, 9.17) is 0 Å². The molecule has 0 atom stereocenters. The zero-order chi connectivity index (χ0) is 17.2. The van der Waals surface area contributed by atoms with Gasteiger partial charge in [-0.1, -0.05) is 38.5 Å². The first kappa shape index (κ1) is 17.7. The number of sulfonamides is 1. The summed E-state index contributed by atoms with van der Waals surface area (Å²) in [5.41, 5.74) is -0.768. The maximum Gasteiger partial charge on any atom is 0.325 e. The monoisotopic (exact) mass is 357 g/mol. The Kier molecular flexibility index (Phi) is 5.15. The van der Waals surface area contributed by atoms with Crippen LogP contribution < -0.4 is 10.0 Å². The van der Waals surface area contributed by atoms with Crippen LogP contribution in [-0.2, 0) is 14.8 Å². The van der Waals surface area contributed by atoms with Crippen LogP contribution in [0.1, 0.15) is 64.2 Å². The summed E-state index contributed by atoms with van der Waals surface area (Å²) in [6, 6.07) is -0.464. The van der Waals surface area contributed by atoms with Crippen molar-refractivity contribution in [2.75, 3.05) is 12.3 Å². The highest BCUT2D eigenvalue weighted by molar-refractivity contribution is 7.89. The molecule has 3 rings (SSSR count). The lowest BCUT2D eigenvalue weighted by Gasteiger charge is -2.20. The van der Waals surface area contributed by atoms with Gasteiger partial charge in [0.15, 0.2) is 0 Å². The fourth-order valence-electron chi connectivity index (χ4n) is 4.12. The van der Waals surface area contributed by atoms with Gasteiger partial charge in [0, 0.05) is 12.6 Å². The van der Waals surface area contributed by atoms with Crippen molar-refractivity contribution in [3.8, 4) is 0 Å². The van der Waals surface area contributed by atoms with E-state index in [0.717, 1.165) is 56.3 Å². The second-order valence-corrected chi connectivity index (χ2v) is 9.17. The lowest BCUT2D eigenvalue weighted by atomic mass is 9.98. The van der Waals surface area contributed by atoms with Crippen LogP contribution in [0.25, 0.3) is 0 Å². The second kappa shape index (κ2) is 7.00. The number of hydrogen-bond donors (Lipinski definition) is 2. The minimum absolute atomic E-state index is 0.0122. The van der Waals surface area contributed by atoms with E-state index in [0.29, 0.717) is 12.8 Å². The number of imide groups is 1. The molecule has 1 aliphatic heterocycles. The van der Waals surface area contributed by atoms with Crippen LogP contribution in [-0.4, -0.2) is 49.1 Å². The van der Waals surface area contributed by atoms with Crippen molar-refractivity contribution in [3.63, 3.8) is 0 Å². The molecule has 0 bridgehead atoms. The molecule has 0 radical (unpaired) electrons. The van der Waals surface area contributed by atoms with Crippen LogP contribution in [0.3, 0.4) is 0 Å². The number of carbonyl (C=O) groups is 2. The summed E-state index contributed by atoms with van der Waals surface area (Å²) in [5.74, 6) is -0.478. The van der Waals surface area contributed by atoms with E-state index in [2.05, 4.69) is 10.0 Å². The van der Waals surface area contributed by atoms with Gasteiger partial charge in [-0.25, -0.2) is 17.9 Å². The topological polar surface area (TPSA) is 95.6 Å². The summed E-state index contributed by atoms with van der Waals surface area (Å²) >= 11 is 0. The highest BCUT2D eigenvalue weighted by Crippen LogP contribution is 2.34. The average molecular weight is 357 g/mol. The van der Waals surface area contributed by atoms with Crippen molar-refractivity contribution in [2.24, 2.45) is 0 Å². The van der Waals surface area contributed by atoms with Crippen molar-refractivity contribution < 1.29 is 18.0 Å². The van der Waals surface area contributed by atoms with E-state index in [1.165, 1.54) is 0 Å². The quantitative estimate of drug-likeness (QED) is 0.576. The molecule has 0 unspecified atom stereocenters. The lowest BCUT2D eigenvalue weighted by molar-refractivity contribution is -0.130. The molecule has 1 saturated heterocycles. The number of hydrogen-bond acceptors (Lipinski definition) is 4. The van der Waals surface area contributed by atoms with Gasteiger partial charge in [0.2, 0.25) is 10.0 Å². The van der Waals surface area contributed by atoms with E-state index in [1.807, 2.05) is 0 Å². The summed E-state index contributed by atoms with van der Waals surface area (Å²) < 4.78 is 27.4. The predicted molar refractivity (Wildman–Crippen MR) is 89.9 cm³/mol. The minimum Gasteiger partial charge on any atom is -0.323 e. The first-order valence-corrected chi connectivity index (χ1v) is 10.7. The van der Waals surface area contributed by atoms with Crippen LogP contribution in [0.4, 0.5) is 4.79 Å². The molecule has 2 N–H and O–H groups in total. The maximum absolute atomic E-state index is 12.5. The Morgan fingerprint density at radius 1 is 1.04 bits per heavy atom. The molecule has 1 heterocycles. The van der Waals surface area contributed by atoms with Crippen LogP contribution in [0.15, 0.2) is 0 Å². The van der Waals surface area contributed by atoms with Gasteiger partial charge in [-0.05, 0) is 25.7 Å². The Morgan fingerprint density at radius 3 is 2.29 bits per heavy atom. The number of urea groups is 1. The zero-order valence-electron chi connectivity index (χ0n) is 14.1. The molecule has 8 heteroatoms. The van der Waals surface area contributed by atoms with Gasteiger partial charge in [-0.3, -0.25) is 9.69 Å². The van der Waals surface area contributed by atoms with Gasteiger partial charge in [0.1, 0.15) is 5.54 Å². The molecule has 0 aromatic rings. The second-order valence-electron chi connectivity index (χ2n) is 7.30. The summed E-state index contributed by atoms with van der Waals surface area (Å²) in [5, 5.41) is 2.78. The Balaban J connectivity index is 1.56. The Morgan fingerprint density at radius 2 is 1.67 bits per heavy atom. The van der Waals surface area contributed by atoms with Crippen molar-refractivity contribution in [1.29, 1.82) is 0 Å². The summed E-state index contributed by atoms with van der Waals surface area (Å²) in [7, 11) is -3.49. The van der Waals surface area contributed by atoms with E-state index in [9.17, 15) is 18.0 Å². The fraction of sp³-hybridized carbons (Fsp3) is 0.875. The molecule has 2 saturated carbocycles. The maximum atomic E-state index is 12.5. The van der Waals surface area contributed by atoms with Crippen LogP contribution >= 0.6 is 0 Å². The van der Waals surface area contributed by atoms with Gasteiger partial charge in [0.25, 0.3) is 5.91 Å². The van der Waals surface area contributed by atoms with Crippen molar-refractivity contribution in [3.05, 3.63) is 0 Å². The number of carbonyl (C=O) groups excluding carboxylic acids is 2. The zero-order valence-corrected chi connectivity index (χ0v) is 14.9. The molecule has 0 aromatic heterocycles. The van der Waals surface area contributed by atoms with Gasteiger partial charge in [-0.2, -0.15) is 0 Å². The number of nitrogens with zero attached hydrogens (tertiary/aromatic N) is 1. The highest BCUT2D eigenvalue weighted by Gasteiger charge is 2.52. The van der Waals surface area contributed by atoms with E-state index >= 15 is 0 Å². The fourth-order valence-corrected chi connectivity index (χ4v) is 5.40. The third-order valence-electron chi connectivity index (χ3n) is 5.49. The molecule has 1 spiro atoms. The molecular formula is C16H27N3O4S. The molecule has 3 aliphatic rings. The van der Waals surface area contributed by atoms with Gasteiger partial charge < -0.3 is 5.32 Å². The first-order chi connectivity index (χ1) is 11.4. The van der Waals surface area contributed by atoms with E-state index < -0.39 is 21.6 Å². The largest absolute Gasteiger partial charge is 0.325 e. The van der Waals surface area contributed by atoms with Crippen molar-refractivity contribution in [2.45, 2.75) is 75.8 Å². The molecule has 2 aliphatic carbocycles. The molecule has 3 fully saturated rings. The Bertz CT molecular complexity index is 590. The molecular weight excluding hydrogens is 330 g/mol. The van der Waals surface area contributed by atoms with Crippen LogP contribution in [0, 0.1) is 0 Å². The van der Waals surface area contributed by atoms with Crippen molar-refractivity contribution in [1.82, 2.24) is 14.9 Å². The number of nitrogens with one attached hydrogen (secondary N) is 2. The Labute approximate surface area is 143 Å². The van der Waals surface area contributed by atoms with Crippen molar-refractivity contribution >= 4 is 22.0 Å². The van der Waals surface area contributed by atoms with E-state index in [-0.39, 0.29) is 24.2 Å². The third kappa shape index (κ3) is 3.74. The number of amides is 3. The molecule has 24 heavy (non-hydrogen) atoms. The average Bonchev–Trinajstić information content (AvgIpc) is 2.96. The molecule has 7 nitrogen and oxygen atoms in total. The van der Waals surface area contributed by atoms with Gasteiger partial charge >= 0.3 is 6.03 Å². The predicted octanol–water partition coefficient (Wildman–Crippen LogP) is 1.49. The third-order valence-corrected chi connectivity index (χ3v) is 6.90. The first-order valence-electron chi connectivity index (χ1n) is 9.06. The summed E-state index contributed by atoms with van der Waals surface area (Å²) in [6.45, 7) is -0.0749. The van der Waals surface area contributed by atoms with E-state index in [1.54, 1.807) is 0 Å². The standard InChI is InChI=1S/C16H27N3O4S/c20-14-16(9-5-6-10-16)17-15(21)19(14)11-12-24(22,23)18-13-7-3-1-2-4-8-13/h13,18H,1-12H2,(H,17,21). The van der Waals surface area contributed by atoms with Gasteiger partial charge in [0.05, 0.1) is 5.75 Å². The lowest BCUT2D eigenvalue weighted by Crippen LogP contribution is -2.45. The smallest absolute Gasteiger partial charge is 0.323 e.